The minimum atomic E-state index is -0.550. The first-order chi connectivity index (χ1) is 14.9. The number of nitrogens with two attached hydrogens (primary N) is 1. The summed E-state index contributed by atoms with van der Waals surface area (Å²) in [6.07, 6.45) is 1.65. The summed E-state index contributed by atoms with van der Waals surface area (Å²) in [5.74, 6) is 0.163. The molecule has 0 saturated heterocycles. The van der Waals surface area contributed by atoms with Crippen LogP contribution in [0.15, 0.2) is 54.6 Å². The molecule has 0 aliphatic rings. The van der Waals surface area contributed by atoms with Crippen LogP contribution < -0.4 is 15.8 Å². The lowest BCUT2D eigenvalue weighted by atomic mass is 9.98. The molecule has 2 aromatic carbocycles. The zero-order valence-corrected chi connectivity index (χ0v) is 18.9. The number of hydrogen-bond acceptors (Lipinski definition) is 4. The van der Waals surface area contributed by atoms with Crippen LogP contribution in [0.25, 0.3) is 0 Å². The van der Waals surface area contributed by atoms with Gasteiger partial charge in [0.15, 0.2) is 6.61 Å². The molecule has 3 N–H and O–H groups in total. The van der Waals surface area contributed by atoms with E-state index in [0.717, 1.165) is 28.0 Å². The van der Waals surface area contributed by atoms with E-state index in [2.05, 4.69) is 19.2 Å². The number of anilines is 1. The second-order valence-corrected chi connectivity index (χ2v) is 8.67. The Hall–Kier alpha value is -3.12. The maximum atomic E-state index is 12.6. The number of benzene rings is 2. The summed E-state index contributed by atoms with van der Waals surface area (Å²) in [5, 5.41) is 3.30. The molecular formula is C25H28N2O3S. The Labute approximate surface area is 187 Å². The van der Waals surface area contributed by atoms with Gasteiger partial charge < -0.3 is 15.8 Å². The van der Waals surface area contributed by atoms with Crippen LogP contribution in [0.5, 0.6) is 5.75 Å². The maximum Gasteiger partial charge on any atom is 0.262 e. The van der Waals surface area contributed by atoms with E-state index in [-0.39, 0.29) is 12.5 Å². The highest BCUT2D eigenvalue weighted by atomic mass is 32.1. The van der Waals surface area contributed by atoms with Gasteiger partial charge in [-0.25, -0.2) is 0 Å². The third kappa shape index (κ3) is 5.52. The van der Waals surface area contributed by atoms with E-state index in [1.165, 1.54) is 11.3 Å². The molecule has 162 valence electrons. The zero-order chi connectivity index (χ0) is 22.4. The summed E-state index contributed by atoms with van der Waals surface area (Å²) in [6, 6.07) is 17.7. The molecule has 0 spiro atoms. The van der Waals surface area contributed by atoms with Crippen molar-refractivity contribution in [3.8, 4) is 5.75 Å². The van der Waals surface area contributed by atoms with Crippen molar-refractivity contribution in [2.45, 2.75) is 39.5 Å². The Morgan fingerprint density at radius 1 is 1.10 bits per heavy atom. The molecule has 3 aromatic rings. The Kier molecular flexibility index (Phi) is 7.47. The lowest BCUT2D eigenvalue weighted by molar-refractivity contribution is -0.118. The van der Waals surface area contributed by atoms with Crippen LogP contribution in [0, 0.1) is 6.92 Å². The fraction of sp³-hybridized carbons (Fsp3) is 0.280. The van der Waals surface area contributed by atoms with Crippen LogP contribution in [-0.4, -0.2) is 18.4 Å². The molecule has 2 amide bonds. The molecule has 1 aromatic heterocycles. The number of amides is 2. The minimum Gasteiger partial charge on any atom is -0.483 e. The van der Waals surface area contributed by atoms with E-state index in [1.54, 1.807) is 0 Å². The number of carbonyl (C=O) groups is 2. The third-order valence-corrected chi connectivity index (χ3v) is 6.58. The number of carbonyl (C=O) groups excluding carboxylic acids is 2. The van der Waals surface area contributed by atoms with Gasteiger partial charge in [0.2, 0.25) is 0 Å². The van der Waals surface area contributed by atoms with Crippen LogP contribution in [0.4, 0.5) is 5.00 Å². The molecule has 0 aliphatic heterocycles. The molecule has 1 atom stereocenters. The Morgan fingerprint density at radius 3 is 2.45 bits per heavy atom. The van der Waals surface area contributed by atoms with Gasteiger partial charge in [-0.15, -0.1) is 11.3 Å². The Balaban J connectivity index is 1.74. The van der Waals surface area contributed by atoms with Crippen LogP contribution in [0.2, 0.25) is 0 Å². The van der Waals surface area contributed by atoms with E-state index in [1.807, 2.05) is 61.5 Å². The first kappa shape index (κ1) is 22.6. The van der Waals surface area contributed by atoms with Gasteiger partial charge in [-0.05, 0) is 42.0 Å². The number of hydrogen-bond donors (Lipinski definition) is 2. The molecule has 0 saturated carbocycles. The highest BCUT2D eigenvalue weighted by Crippen LogP contribution is 2.34. The molecule has 6 heteroatoms. The Morgan fingerprint density at radius 2 is 1.77 bits per heavy atom. The highest BCUT2D eigenvalue weighted by molar-refractivity contribution is 7.17. The second-order valence-electron chi connectivity index (χ2n) is 7.56. The van der Waals surface area contributed by atoms with Crippen molar-refractivity contribution in [1.82, 2.24) is 0 Å². The number of para-hydroxylation sites is 1. The van der Waals surface area contributed by atoms with Crippen molar-refractivity contribution in [2.24, 2.45) is 5.73 Å². The van der Waals surface area contributed by atoms with Gasteiger partial charge in [0, 0.05) is 11.3 Å². The van der Waals surface area contributed by atoms with E-state index >= 15 is 0 Å². The summed E-state index contributed by atoms with van der Waals surface area (Å²) in [5.41, 5.74) is 8.99. The van der Waals surface area contributed by atoms with Gasteiger partial charge in [0.1, 0.15) is 10.8 Å². The summed E-state index contributed by atoms with van der Waals surface area (Å²) < 4.78 is 5.80. The third-order valence-electron chi connectivity index (χ3n) is 5.37. The van der Waals surface area contributed by atoms with Gasteiger partial charge >= 0.3 is 0 Å². The number of thiophene rings is 1. The Bertz CT molecular complexity index is 1060. The van der Waals surface area contributed by atoms with E-state index < -0.39 is 5.91 Å². The summed E-state index contributed by atoms with van der Waals surface area (Å²) in [4.78, 5) is 25.7. The summed E-state index contributed by atoms with van der Waals surface area (Å²) in [6.45, 7) is 5.97. The maximum absolute atomic E-state index is 12.6. The van der Waals surface area contributed by atoms with Crippen molar-refractivity contribution in [3.63, 3.8) is 0 Å². The number of rotatable bonds is 9. The normalized spacial score (nSPS) is 11.7. The van der Waals surface area contributed by atoms with Crippen molar-refractivity contribution >= 4 is 28.2 Å². The standard InChI is InChI=1S/C25H28N2O3S/c1-4-16(2)19-12-8-9-13-20(19)30-15-22(28)27-25-23(24(26)29)17(3)21(31-25)14-18-10-6-5-7-11-18/h5-13,16H,4,14-15H2,1-3H3,(H2,26,29)(H,27,28)/t16-/m0/s1. The van der Waals surface area contributed by atoms with Crippen LogP contribution in [0.3, 0.4) is 0 Å². The van der Waals surface area contributed by atoms with Gasteiger partial charge in [-0.2, -0.15) is 0 Å². The molecule has 3 rings (SSSR count). The predicted octanol–water partition coefficient (Wildman–Crippen LogP) is 5.28. The molecule has 0 fully saturated rings. The van der Waals surface area contributed by atoms with E-state index in [0.29, 0.717) is 28.7 Å². The van der Waals surface area contributed by atoms with Gasteiger partial charge in [-0.3, -0.25) is 9.59 Å². The van der Waals surface area contributed by atoms with Crippen molar-refractivity contribution in [1.29, 1.82) is 0 Å². The van der Waals surface area contributed by atoms with Crippen LogP contribution >= 0.6 is 11.3 Å². The highest BCUT2D eigenvalue weighted by Gasteiger charge is 2.21. The lowest BCUT2D eigenvalue weighted by Crippen LogP contribution is -2.22. The SMILES string of the molecule is CC[C@H](C)c1ccccc1OCC(=O)Nc1sc(Cc2ccccc2)c(C)c1C(N)=O. The summed E-state index contributed by atoms with van der Waals surface area (Å²) >= 11 is 1.38. The molecule has 0 bridgehead atoms. The number of nitrogens with one attached hydrogen (secondary N) is 1. The van der Waals surface area contributed by atoms with Gasteiger partial charge in [0.05, 0.1) is 5.56 Å². The molecule has 0 unspecified atom stereocenters. The van der Waals surface area contributed by atoms with Gasteiger partial charge in [-0.1, -0.05) is 62.4 Å². The molecule has 0 radical (unpaired) electrons. The fourth-order valence-electron chi connectivity index (χ4n) is 3.44. The molecule has 1 heterocycles. The monoisotopic (exact) mass is 436 g/mol. The second kappa shape index (κ2) is 10.3. The molecular weight excluding hydrogens is 408 g/mol. The smallest absolute Gasteiger partial charge is 0.262 e. The first-order valence-corrected chi connectivity index (χ1v) is 11.2. The quantitative estimate of drug-likeness (QED) is 0.479. The topological polar surface area (TPSA) is 81.4 Å². The minimum absolute atomic E-state index is 0.142. The van der Waals surface area contributed by atoms with Crippen LogP contribution in [0.1, 0.15) is 58.1 Å². The number of ether oxygens (including phenoxy) is 1. The van der Waals surface area contributed by atoms with Crippen molar-refractivity contribution in [2.75, 3.05) is 11.9 Å². The molecule has 0 aliphatic carbocycles. The number of primary amides is 1. The van der Waals surface area contributed by atoms with E-state index in [9.17, 15) is 9.59 Å². The fourth-order valence-corrected chi connectivity index (χ4v) is 4.70. The average Bonchev–Trinajstić information content (AvgIpc) is 3.07. The van der Waals surface area contributed by atoms with Crippen molar-refractivity contribution in [3.05, 3.63) is 81.7 Å². The first-order valence-electron chi connectivity index (χ1n) is 10.4. The average molecular weight is 437 g/mol. The molecule has 5 nitrogen and oxygen atoms in total. The lowest BCUT2D eigenvalue weighted by Gasteiger charge is -2.15. The largest absolute Gasteiger partial charge is 0.483 e. The van der Waals surface area contributed by atoms with Crippen molar-refractivity contribution < 1.29 is 14.3 Å². The predicted molar refractivity (Wildman–Crippen MR) is 126 cm³/mol. The van der Waals surface area contributed by atoms with Gasteiger partial charge in [0.25, 0.3) is 11.8 Å². The molecule has 31 heavy (non-hydrogen) atoms. The zero-order valence-electron chi connectivity index (χ0n) is 18.1. The van der Waals surface area contributed by atoms with Crippen LogP contribution in [-0.2, 0) is 11.2 Å². The summed E-state index contributed by atoms with van der Waals surface area (Å²) in [7, 11) is 0. The van der Waals surface area contributed by atoms with E-state index in [4.69, 9.17) is 10.5 Å².